The number of carbonyl (C=O) groups excluding carboxylic acids is 2. The van der Waals surface area contributed by atoms with Crippen LogP contribution in [-0.4, -0.2) is 31.6 Å². The van der Waals surface area contributed by atoms with Gasteiger partial charge >= 0.3 is 5.97 Å². The van der Waals surface area contributed by atoms with Crippen molar-refractivity contribution in [3.8, 4) is 0 Å². The molecule has 1 aliphatic carbocycles. The summed E-state index contributed by atoms with van der Waals surface area (Å²) in [4.78, 5) is 23.3. The van der Waals surface area contributed by atoms with Crippen molar-refractivity contribution in [3.05, 3.63) is 0 Å². The van der Waals surface area contributed by atoms with Crippen LogP contribution in [0.4, 0.5) is 0 Å². The summed E-state index contributed by atoms with van der Waals surface area (Å²) in [5, 5.41) is 2.79. The number of hydrogen-bond donors (Lipinski definition) is 2. The second-order valence-corrected chi connectivity index (χ2v) is 5.29. The van der Waals surface area contributed by atoms with E-state index in [0.29, 0.717) is 0 Å². The highest BCUT2D eigenvalue weighted by atomic mass is 35.5. The molecule has 2 unspecified atom stereocenters. The first-order valence-electron chi connectivity index (χ1n) is 6.00. The van der Waals surface area contributed by atoms with Crippen LogP contribution < -0.4 is 11.1 Å². The number of methoxy groups -OCH3 is 1. The number of nitrogens with two attached hydrogens (primary N) is 1. The van der Waals surface area contributed by atoms with Crippen LogP contribution >= 0.6 is 12.4 Å². The Bertz CT molecular complexity index is 308. The molecule has 1 aliphatic rings. The molecule has 0 aromatic rings. The van der Waals surface area contributed by atoms with E-state index in [4.69, 9.17) is 5.73 Å². The normalized spacial score (nSPS) is 23.1. The quantitative estimate of drug-likeness (QED) is 0.747. The third-order valence-electron chi connectivity index (χ3n) is 3.35. The SMILES string of the molecule is COC(=O)C(C)(C)CNC(=O)C1CCCC1N.Cl. The van der Waals surface area contributed by atoms with Crippen molar-refractivity contribution >= 4 is 24.3 Å². The molecule has 0 radical (unpaired) electrons. The van der Waals surface area contributed by atoms with Crippen molar-refractivity contribution in [2.45, 2.75) is 39.2 Å². The molecule has 0 aliphatic heterocycles. The van der Waals surface area contributed by atoms with Crippen LogP contribution in [0.5, 0.6) is 0 Å². The summed E-state index contributed by atoms with van der Waals surface area (Å²) in [7, 11) is 1.35. The molecule has 3 N–H and O–H groups in total. The average molecular weight is 279 g/mol. The lowest BCUT2D eigenvalue weighted by atomic mass is 9.93. The van der Waals surface area contributed by atoms with Crippen LogP contribution in [0, 0.1) is 11.3 Å². The predicted molar refractivity (Wildman–Crippen MR) is 71.4 cm³/mol. The lowest BCUT2D eigenvalue weighted by molar-refractivity contribution is -0.150. The molecule has 106 valence electrons. The molecule has 0 aromatic carbocycles. The fourth-order valence-corrected chi connectivity index (χ4v) is 2.10. The maximum absolute atomic E-state index is 11.9. The minimum Gasteiger partial charge on any atom is -0.469 e. The Labute approximate surface area is 114 Å². The van der Waals surface area contributed by atoms with Crippen molar-refractivity contribution < 1.29 is 14.3 Å². The zero-order valence-electron chi connectivity index (χ0n) is 11.2. The third kappa shape index (κ3) is 4.14. The summed E-state index contributed by atoms with van der Waals surface area (Å²) in [5.41, 5.74) is 5.15. The molecule has 1 fully saturated rings. The van der Waals surface area contributed by atoms with Gasteiger partial charge in [-0.25, -0.2) is 0 Å². The van der Waals surface area contributed by atoms with Gasteiger partial charge in [0.05, 0.1) is 18.4 Å². The first-order valence-corrected chi connectivity index (χ1v) is 6.00. The molecule has 18 heavy (non-hydrogen) atoms. The van der Waals surface area contributed by atoms with Crippen LogP contribution in [0.2, 0.25) is 0 Å². The monoisotopic (exact) mass is 278 g/mol. The first kappa shape index (κ1) is 17.2. The number of esters is 1. The lowest BCUT2D eigenvalue weighted by Crippen LogP contribution is -2.44. The largest absolute Gasteiger partial charge is 0.469 e. The molecule has 1 rings (SSSR count). The zero-order valence-corrected chi connectivity index (χ0v) is 12.0. The Morgan fingerprint density at radius 1 is 1.39 bits per heavy atom. The minimum absolute atomic E-state index is 0. The maximum atomic E-state index is 11.9. The summed E-state index contributed by atoms with van der Waals surface area (Å²) in [5.74, 6) is -0.482. The molecule has 0 bridgehead atoms. The smallest absolute Gasteiger partial charge is 0.313 e. The van der Waals surface area contributed by atoms with Gasteiger partial charge in [-0.2, -0.15) is 0 Å². The Morgan fingerprint density at radius 3 is 2.44 bits per heavy atom. The first-order chi connectivity index (χ1) is 7.88. The van der Waals surface area contributed by atoms with Crippen LogP contribution in [0.25, 0.3) is 0 Å². The zero-order chi connectivity index (χ0) is 13.1. The summed E-state index contributed by atoms with van der Waals surface area (Å²) in [6.45, 7) is 3.77. The molecular weight excluding hydrogens is 256 g/mol. The van der Waals surface area contributed by atoms with Crippen molar-refractivity contribution in [1.29, 1.82) is 0 Å². The Kier molecular flexibility index (Phi) is 6.63. The van der Waals surface area contributed by atoms with Crippen molar-refractivity contribution in [2.24, 2.45) is 17.1 Å². The van der Waals surface area contributed by atoms with Crippen LogP contribution in [0.1, 0.15) is 33.1 Å². The van der Waals surface area contributed by atoms with Gasteiger partial charge in [0.2, 0.25) is 5.91 Å². The molecule has 1 amide bonds. The van der Waals surface area contributed by atoms with E-state index in [1.54, 1.807) is 13.8 Å². The summed E-state index contributed by atoms with van der Waals surface area (Å²) < 4.78 is 4.68. The summed E-state index contributed by atoms with van der Waals surface area (Å²) in [6, 6.07) is -0.0451. The fraction of sp³-hybridized carbons (Fsp3) is 0.833. The lowest BCUT2D eigenvalue weighted by Gasteiger charge is -2.23. The van der Waals surface area contributed by atoms with E-state index < -0.39 is 5.41 Å². The maximum Gasteiger partial charge on any atom is 0.313 e. The van der Waals surface area contributed by atoms with Gasteiger partial charge in [-0.1, -0.05) is 6.42 Å². The van der Waals surface area contributed by atoms with Gasteiger partial charge in [-0.05, 0) is 26.7 Å². The molecule has 0 saturated heterocycles. The fourth-order valence-electron chi connectivity index (χ4n) is 2.10. The van der Waals surface area contributed by atoms with Gasteiger partial charge < -0.3 is 15.8 Å². The number of rotatable bonds is 4. The third-order valence-corrected chi connectivity index (χ3v) is 3.35. The summed E-state index contributed by atoms with van der Waals surface area (Å²) in [6.07, 6.45) is 2.74. The molecule has 0 spiro atoms. The van der Waals surface area contributed by atoms with Gasteiger partial charge in [0.1, 0.15) is 0 Å². The molecule has 0 heterocycles. The average Bonchev–Trinajstić information content (AvgIpc) is 2.71. The van der Waals surface area contributed by atoms with Crippen LogP contribution in [0.3, 0.4) is 0 Å². The minimum atomic E-state index is -0.701. The van der Waals surface area contributed by atoms with E-state index in [-0.39, 0.29) is 42.8 Å². The number of halogens is 1. The molecule has 0 aromatic heterocycles. The molecular formula is C12H23ClN2O3. The molecule has 5 nitrogen and oxygen atoms in total. The van der Waals surface area contributed by atoms with Gasteiger partial charge in [0, 0.05) is 12.6 Å². The number of ether oxygens (including phenoxy) is 1. The highest BCUT2D eigenvalue weighted by Gasteiger charge is 2.33. The van der Waals surface area contributed by atoms with E-state index in [0.717, 1.165) is 19.3 Å². The molecule has 2 atom stereocenters. The number of carbonyl (C=O) groups is 2. The van der Waals surface area contributed by atoms with Crippen molar-refractivity contribution in [3.63, 3.8) is 0 Å². The van der Waals surface area contributed by atoms with E-state index in [1.807, 2.05) is 0 Å². The van der Waals surface area contributed by atoms with Crippen molar-refractivity contribution in [2.75, 3.05) is 13.7 Å². The van der Waals surface area contributed by atoms with Gasteiger partial charge in [-0.15, -0.1) is 12.4 Å². The Morgan fingerprint density at radius 2 is 2.00 bits per heavy atom. The van der Waals surface area contributed by atoms with E-state index in [9.17, 15) is 9.59 Å². The molecule has 6 heteroatoms. The molecule has 1 saturated carbocycles. The van der Waals surface area contributed by atoms with E-state index in [1.165, 1.54) is 7.11 Å². The van der Waals surface area contributed by atoms with Crippen LogP contribution in [-0.2, 0) is 14.3 Å². The Balaban J connectivity index is 0.00000289. The highest BCUT2D eigenvalue weighted by molar-refractivity contribution is 5.85. The van der Waals surface area contributed by atoms with Gasteiger partial charge in [0.25, 0.3) is 0 Å². The second-order valence-electron chi connectivity index (χ2n) is 5.29. The predicted octanol–water partition coefficient (Wildman–Crippen LogP) is 0.851. The van der Waals surface area contributed by atoms with E-state index >= 15 is 0 Å². The summed E-state index contributed by atoms with van der Waals surface area (Å²) >= 11 is 0. The van der Waals surface area contributed by atoms with Gasteiger partial charge in [0.15, 0.2) is 0 Å². The standard InChI is InChI=1S/C12H22N2O3.ClH/c1-12(2,11(16)17-3)7-14-10(15)8-5-4-6-9(8)13;/h8-9H,4-7,13H2,1-3H3,(H,14,15);1H. The number of nitrogens with one attached hydrogen (secondary N) is 1. The topological polar surface area (TPSA) is 81.4 Å². The second kappa shape index (κ2) is 6.95. The number of hydrogen-bond acceptors (Lipinski definition) is 4. The van der Waals surface area contributed by atoms with Crippen LogP contribution in [0.15, 0.2) is 0 Å². The highest BCUT2D eigenvalue weighted by Crippen LogP contribution is 2.24. The Hall–Kier alpha value is -0.810. The van der Waals surface area contributed by atoms with Gasteiger partial charge in [-0.3, -0.25) is 9.59 Å². The van der Waals surface area contributed by atoms with E-state index in [2.05, 4.69) is 10.1 Å². The van der Waals surface area contributed by atoms with Crippen molar-refractivity contribution in [1.82, 2.24) is 5.32 Å². The number of amides is 1.